The molecule has 86 valence electrons. The van der Waals surface area contributed by atoms with Gasteiger partial charge in [0.15, 0.2) is 0 Å². The molecule has 0 saturated carbocycles. The van der Waals surface area contributed by atoms with Gasteiger partial charge in [0, 0.05) is 12.8 Å². The number of allylic oxidation sites excluding steroid dienone is 1. The number of unbranched alkanes of at least 4 members (excludes halogenated alkanes) is 4. The quantitative estimate of drug-likeness (QED) is 0.344. The largest absolute Gasteiger partial charge is 0.481 e. The molecule has 0 aliphatic carbocycles. The minimum Gasteiger partial charge on any atom is -0.481 e. The minimum atomic E-state index is -0.762. The molecule has 0 bridgehead atoms. The van der Waals surface area contributed by atoms with Crippen molar-refractivity contribution in [3.05, 3.63) is 12.2 Å². The van der Waals surface area contributed by atoms with E-state index in [4.69, 9.17) is 5.11 Å². The van der Waals surface area contributed by atoms with E-state index in [1.807, 2.05) is 0 Å². The number of hydrogen-bond acceptors (Lipinski definition) is 2. The second-order valence-electron chi connectivity index (χ2n) is 3.76. The molecule has 0 aliphatic rings. The van der Waals surface area contributed by atoms with Crippen molar-refractivity contribution in [2.45, 2.75) is 51.4 Å². The predicted molar refractivity (Wildman–Crippen MR) is 59.8 cm³/mol. The van der Waals surface area contributed by atoms with Gasteiger partial charge in [0.1, 0.15) is 6.29 Å². The van der Waals surface area contributed by atoms with E-state index in [-0.39, 0.29) is 6.42 Å². The molecule has 0 spiro atoms. The summed E-state index contributed by atoms with van der Waals surface area (Å²) >= 11 is 0. The second-order valence-corrected chi connectivity index (χ2v) is 3.76. The average molecular weight is 212 g/mol. The van der Waals surface area contributed by atoms with Gasteiger partial charge in [0.25, 0.3) is 0 Å². The highest BCUT2D eigenvalue weighted by atomic mass is 16.4. The van der Waals surface area contributed by atoms with Gasteiger partial charge in [0.2, 0.25) is 0 Å². The van der Waals surface area contributed by atoms with Crippen LogP contribution in [-0.4, -0.2) is 17.4 Å². The lowest BCUT2D eigenvalue weighted by molar-refractivity contribution is -0.137. The number of aldehydes is 1. The smallest absolute Gasteiger partial charge is 0.303 e. The number of carboxylic acids is 1. The molecule has 0 aromatic rings. The molecule has 0 aromatic heterocycles. The van der Waals surface area contributed by atoms with E-state index >= 15 is 0 Å². The summed E-state index contributed by atoms with van der Waals surface area (Å²) < 4.78 is 0. The van der Waals surface area contributed by atoms with Crippen molar-refractivity contribution in [3.8, 4) is 0 Å². The van der Waals surface area contributed by atoms with E-state index in [1.165, 1.54) is 0 Å². The molecule has 0 amide bonds. The van der Waals surface area contributed by atoms with E-state index in [2.05, 4.69) is 6.58 Å². The zero-order chi connectivity index (χ0) is 11.5. The molecular weight excluding hydrogens is 192 g/mol. The van der Waals surface area contributed by atoms with Crippen LogP contribution in [0.1, 0.15) is 51.4 Å². The zero-order valence-corrected chi connectivity index (χ0v) is 9.21. The fourth-order valence-corrected chi connectivity index (χ4v) is 1.36. The van der Waals surface area contributed by atoms with Gasteiger partial charge < -0.3 is 9.90 Å². The van der Waals surface area contributed by atoms with E-state index in [0.717, 1.165) is 44.0 Å². The number of rotatable bonds is 10. The van der Waals surface area contributed by atoms with Crippen molar-refractivity contribution in [1.29, 1.82) is 0 Å². The molecule has 15 heavy (non-hydrogen) atoms. The van der Waals surface area contributed by atoms with Gasteiger partial charge in [-0.1, -0.05) is 25.0 Å². The Bertz CT molecular complexity index is 209. The summed E-state index contributed by atoms with van der Waals surface area (Å²) in [5.74, 6) is -0.762. The summed E-state index contributed by atoms with van der Waals surface area (Å²) in [4.78, 5) is 20.3. The van der Waals surface area contributed by atoms with Gasteiger partial charge in [0.05, 0.1) is 0 Å². The first-order valence-electron chi connectivity index (χ1n) is 5.49. The highest BCUT2D eigenvalue weighted by Crippen LogP contribution is 2.13. The highest BCUT2D eigenvalue weighted by Gasteiger charge is 2.00. The Morgan fingerprint density at radius 2 is 1.73 bits per heavy atom. The lowest BCUT2D eigenvalue weighted by Gasteiger charge is -2.03. The first-order chi connectivity index (χ1) is 7.16. The lowest BCUT2D eigenvalue weighted by Crippen LogP contribution is -1.95. The molecule has 0 rings (SSSR count). The SMILES string of the molecule is C=C(CCCCCCC=O)CCC(=O)O. The minimum absolute atomic E-state index is 0.184. The summed E-state index contributed by atoms with van der Waals surface area (Å²) in [6.45, 7) is 3.84. The Kier molecular flexibility index (Phi) is 8.73. The molecule has 0 saturated heterocycles. The first-order valence-corrected chi connectivity index (χ1v) is 5.49. The van der Waals surface area contributed by atoms with Crippen LogP contribution in [0.4, 0.5) is 0 Å². The third-order valence-electron chi connectivity index (χ3n) is 2.29. The van der Waals surface area contributed by atoms with Crippen LogP contribution in [0.2, 0.25) is 0 Å². The van der Waals surface area contributed by atoms with Crippen LogP contribution in [0.3, 0.4) is 0 Å². The third-order valence-corrected chi connectivity index (χ3v) is 2.29. The summed E-state index contributed by atoms with van der Waals surface area (Å²) in [5, 5.41) is 8.46. The van der Waals surface area contributed by atoms with Crippen molar-refractivity contribution in [3.63, 3.8) is 0 Å². The molecule has 0 unspecified atom stereocenters. The van der Waals surface area contributed by atoms with Gasteiger partial charge in [-0.25, -0.2) is 0 Å². The monoisotopic (exact) mass is 212 g/mol. The first kappa shape index (κ1) is 13.9. The van der Waals surface area contributed by atoms with Crippen LogP contribution in [0.25, 0.3) is 0 Å². The number of aliphatic carboxylic acids is 1. The van der Waals surface area contributed by atoms with Gasteiger partial charge in [-0.15, -0.1) is 0 Å². The van der Waals surface area contributed by atoms with Crippen molar-refractivity contribution < 1.29 is 14.7 Å². The molecule has 0 atom stereocenters. The molecular formula is C12H20O3. The fraction of sp³-hybridized carbons (Fsp3) is 0.667. The van der Waals surface area contributed by atoms with Crippen LogP contribution in [0.5, 0.6) is 0 Å². The zero-order valence-electron chi connectivity index (χ0n) is 9.21. The highest BCUT2D eigenvalue weighted by molar-refractivity contribution is 5.66. The van der Waals surface area contributed by atoms with E-state index in [1.54, 1.807) is 0 Å². The number of carbonyl (C=O) groups is 2. The van der Waals surface area contributed by atoms with Crippen molar-refractivity contribution in [1.82, 2.24) is 0 Å². The number of carboxylic acid groups (broad SMARTS) is 1. The molecule has 1 N–H and O–H groups in total. The van der Waals surface area contributed by atoms with Crippen LogP contribution >= 0.6 is 0 Å². The average Bonchev–Trinajstić information content (AvgIpc) is 2.20. The van der Waals surface area contributed by atoms with Gasteiger partial charge in [-0.2, -0.15) is 0 Å². The van der Waals surface area contributed by atoms with Gasteiger partial charge in [-0.05, 0) is 25.7 Å². The molecule has 0 radical (unpaired) electrons. The number of carbonyl (C=O) groups excluding carboxylic acids is 1. The maximum atomic E-state index is 10.3. The normalized spacial score (nSPS) is 9.87. The number of hydrogen-bond donors (Lipinski definition) is 1. The Labute approximate surface area is 91.2 Å². The van der Waals surface area contributed by atoms with Crippen LogP contribution in [0, 0.1) is 0 Å². The Morgan fingerprint density at radius 3 is 2.33 bits per heavy atom. The van der Waals surface area contributed by atoms with Crippen molar-refractivity contribution in [2.24, 2.45) is 0 Å². The van der Waals surface area contributed by atoms with Crippen LogP contribution < -0.4 is 0 Å². The third kappa shape index (κ3) is 10.8. The van der Waals surface area contributed by atoms with Crippen molar-refractivity contribution >= 4 is 12.3 Å². The van der Waals surface area contributed by atoms with E-state index in [0.29, 0.717) is 12.8 Å². The molecule has 0 fully saturated rings. The predicted octanol–water partition coefficient (Wildman–Crippen LogP) is 2.95. The summed E-state index contributed by atoms with van der Waals surface area (Å²) in [7, 11) is 0. The molecule has 0 heterocycles. The molecule has 0 aliphatic heterocycles. The van der Waals surface area contributed by atoms with E-state index in [9.17, 15) is 9.59 Å². The summed E-state index contributed by atoms with van der Waals surface area (Å²) in [6, 6.07) is 0. The second kappa shape index (κ2) is 9.44. The Balaban J connectivity index is 3.23. The fourth-order valence-electron chi connectivity index (χ4n) is 1.36. The van der Waals surface area contributed by atoms with Crippen LogP contribution in [0.15, 0.2) is 12.2 Å². The maximum absolute atomic E-state index is 10.3. The standard InChI is InChI=1S/C12H20O3/c1-11(8-9-12(14)15)7-5-3-2-4-6-10-13/h10H,1-9H2,(H,14,15). The topological polar surface area (TPSA) is 54.4 Å². The Morgan fingerprint density at radius 1 is 1.07 bits per heavy atom. The molecule has 0 aromatic carbocycles. The summed E-state index contributed by atoms with van der Waals surface area (Å²) in [6.07, 6.45) is 7.47. The van der Waals surface area contributed by atoms with E-state index < -0.39 is 5.97 Å². The molecule has 3 nitrogen and oxygen atoms in total. The Hall–Kier alpha value is -1.12. The van der Waals surface area contributed by atoms with Crippen LogP contribution in [-0.2, 0) is 9.59 Å². The summed E-state index contributed by atoms with van der Waals surface area (Å²) in [5.41, 5.74) is 1.02. The van der Waals surface area contributed by atoms with Gasteiger partial charge >= 0.3 is 5.97 Å². The van der Waals surface area contributed by atoms with Gasteiger partial charge in [-0.3, -0.25) is 4.79 Å². The molecule has 3 heteroatoms. The van der Waals surface area contributed by atoms with Crippen molar-refractivity contribution in [2.75, 3.05) is 0 Å². The maximum Gasteiger partial charge on any atom is 0.303 e. The lowest BCUT2D eigenvalue weighted by atomic mass is 10.0.